The summed E-state index contributed by atoms with van der Waals surface area (Å²) >= 11 is 0. The number of hydrogen-bond acceptors (Lipinski definition) is 29. The lowest BCUT2D eigenvalue weighted by Gasteiger charge is -2.42. The summed E-state index contributed by atoms with van der Waals surface area (Å²) in [6, 6.07) is 0. The maximum atomic E-state index is 12.4. The summed E-state index contributed by atoms with van der Waals surface area (Å²) in [7, 11) is 0. The first-order chi connectivity index (χ1) is 39.6. The zero-order valence-corrected chi connectivity index (χ0v) is 46.4. The van der Waals surface area contributed by atoms with Crippen molar-refractivity contribution in [1.29, 1.82) is 0 Å². The van der Waals surface area contributed by atoms with Gasteiger partial charge in [0.1, 0.15) is 61.0 Å². The van der Waals surface area contributed by atoms with E-state index in [1.54, 1.807) is 0 Å². The van der Waals surface area contributed by atoms with Gasteiger partial charge < -0.3 is 143 Å². The molecule has 0 aromatic carbocycles. The van der Waals surface area contributed by atoms with Crippen LogP contribution in [0.5, 0.6) is 0 Å². The largest absolute Gasteiger partial charge is 0.463 e. The van der Waals surface area contributed by atoms with E-state index in [0.717, 1.165) is 0 Å². The normalized spacial score (nSPS) is 26.9. The Bertz CT molecular complexity index is 1700. The van der Waals surface area contributed by atoms with Crippen LogP contribution in [0.25, 0.3) is 0 Å². The number of carbonyl (C=O) groups excluding carboxylic acids is 3. The molecule has 3 heterocycles. The summed E-state index contributed by atoms with van der Waals surface area (Å²) in [6.07, 6.45) is -13.4. The molecule has 32 nitrogen and oxygen atoms in total. The zero-order chi connectivity index (χ0) is 59.8. The summed E-state index contributed by atoms with van der Waals surface area (Å²) in [5, 5.41) is 116. The number of nitrogens with one attached hydrogen (secondary N) is 3. The van der Waals surface area contributed by atoms with Crippen molar-refractivity contribution in [3.05, 3.63) is 12.0 Å². The quantitative estimate of drug-likeness (QED) is 0.0252. The summed E-state index contributed by atoms with van der Waals surface area (Å²) in [5.74, 6) is -1.13. The Labute approximate surface area is 475 Å². The van der Waals surface area contributed by atoms with Gasteiger partial charge in [0.2, 0.25) is 17.7 Å². The van der Waals surface area contributed by atoms with E-state index < -0.39 is 92.9 Å². The number of rotatable bonds is 49. The number of ether oxygens (including phenoxy) is 15. The van der Waals surface area contributed by atoms with Gasteiger partial charge in [0, 0.05) is 63.9 Å². The molecule has 0 saturated carbocycles. The van der Waals surface area contributed by atoms with Crippen LogP contribution in [-0.2, 0) is 85.4 Å². The van der Waals surface area contributed by atoms with Gasteiger partial charge in [-0.15, -0.1) is 0 Å². The van der Waals surface area contributed by atoms with Crippen molar-refractivity contribution in [3.63, 3.8) is 0 Å². The van der Waals surface area contributed by atoms with E-state index in [9.17, 15) is 65.4 Å². The molecule has 13 atom stereocenters. The molecule has 8 unspecified atom stereocenters. The molecule has 0 aromatic rings. The van der Waals surface area contributed by atoms with Gasteiger partial charge in [-0.05, 0) is 0 Å². The third kappa shape index (κ3) is 30.2. The lowest BCUT2D eigenvalue weighted by atomic mass is 9.88. The molecular formula is C50H91N3O29. The topological polar surface area (TPSA) is 448 Å². The Morgan fingerprint density at radius 2 is 0.951 bits per heavy atom. The number of aliphatic hydroxyl groups excluding tert-OH is 10. The Hall–Kier alpha value is -3.21. The summed E-state index contributed by atoms with van der Waals surface area (Å²) in [5.41, 5.74) is -1.78. The molecular weight excluding hydrogens is 1110 g/mol. The van der Waals surface area contributed by atoms with Crippen LogP contribution in [0.3, 0.4) is 0 Å². The molecule has 3 aliphatic rings. The van der Waals surface area contributed by atoms with Crippen molar-refractivity contribution in [2.24, 2.45) is 5.92 Å². The van der Waals surface area contributed by atoms with Crippen LogP contribution >= 0.6 is 0 Å². The summed E-state index contributed by atoms with van der Waals surface area (Å²) in [4.78, 5) is 37.3. The third-order valence-corrected chi connectivity index (χ3v) is 12.3. The van der Waals surface area contributed by atoms with E-state index in [0.29, 0.717) is 0 Å². The number of aliphatic hydroxyl groups is 11. The van der Waals surface area contributed by atoms with Gasteiger partial charge in [-0.25, -0.2) is 0 Å². The van der Waals surface area contributed by atoms with Crippen LogP contribution in [0.2, 0.25) is 0 Å². The average molecular weight is 1200 g/mol. The predicted octanol–water partition coefficient (Wildman–Crippen LogP) is -7.73. The molecule has 0 bridgehead atoms. The molecule has 3 aliphatic heterocycles. The molecule has 14 N–H and O–H groups in total. The highest BCUT2D eigenvalue weighted by Crippen LogP contribution is 2.28. The second-order valence-corrected chi connectivity index (χ2v) is 18.8. The Morgan fingerprint density at radius 1 is 0.512 bits per heavy atom. The molecule has 0 aromatic heterocycles. The summed E-state index contributed by atoms with van der Waals surface area (Å²) in [6.45, 7) is 2.19. The van der Waals surface area contributed by atoms with E-state index in [2.05, 4.69) is 16.0 Å². The van der Waals surface area contributed by atoms with Crippen molar-refractivity contribution in [2.45, 2.75) is 98.8 Å². The Kier molecular flexibility index (Phi) is 39.4. The molecule has 3 amide bonds. The van der Waals surface area contributed by atoms with Gasteiger partial charge >= 0.3 is 0 Å². The smallest absolute Gasteiger partial charge is 0.278 e. The van der Waals surface area contributed by atoms with Gasteiger partial charge in [-0.2, -0.15) is 0 Å². The van der Waals surface area contributed by atoms with E-state index in [-0.39, 0.29) is 220 Å². The maximum absolute atomic E-state index is 12.4. The Balaban J connectivity index is 1.23. The monoisotopic (exact) mass is 1200 g/mol. The first kappa shape index (κ1) is 73.0. The van der Waals surface area contributed by atoms with Crippen LogP contribution in [0, 0.1) is 5.92 Å². The second-order valence-electron chi connectivity index (χ2n) is 18.8. The van der Waals surface area contributed by atoms with E-state index in [4.69, 9.17) is 76.2 Å². The lowest BCUT2D eigenvalue weighted by Crippen LogP contribution is -2.62. The fraction of sp³-hybridized carbons (Fsp3) is 0.900. The van der Waals surface area contributed by atoms with E-state index in [1.807, 2.05) is 0 Å². The fourth-order valence-electron chi connectivity index (χ4n) is 7.64. The number of amides is 3. The van der Waals surface area contributed by atoms with Crippen molar-refractivity contribution in [3.8, 4) is 0 Å². The maximum Gasteiger partial charge on any atom is 0.278 e. The minimum Gasteiger partial charge on any atom is -0.463 e. The van der Waals surface area contributed by atoms with Crippen LogP contribution < -0.4 is 16.0 Å². The second kappa shape index (κ2) is 44.3. The standard InChI is InChI=1S/C50H91N3O29/c54-8-4-50(67)33-80-48(46(65)47(50)66)78-25-22-72-19-16-69-13-6-52-39(59)2-10-75-31-34(30-74-9-1-38(58)51-5-12-68-15-18-71-21-24-77-41-27-35(57)42(61)36(28-55)81-41)32-76-11-3-40(60)53-7-14-70-17-20-73-23-26-79-49-45(64)44(63)43(62)37(29-56)82-49/h27,34-37,42-49,54-57,61-67H,1-26,28-33H2,(H,51,58)(H,52,59)(H,53,60)/t34?,35?,36?,37?,42-,43-,44?,45?,46?,47?,48+,49+,50-/m1/s1. The first-order valence-electron chi connectivity index (χ1n) is 27.5. The summed E-state index contributed by atoms with van der Waals surface area (Å²) < 4.78 is 81.9. The number of carbonyl (C=O) groups is 3. The average Bonchev–Trinajstić information content (AvgIpc) is 3.67. The fourth-order valence-corrected chi connectivity index (χ4v) is 7.64. The molecule has 3 rings (SSSR count). The molecule has 0 radical (unpaired) electrons. The minimum absolute atomic E-state index is 0.00578. The number of hydrogen-bond donors (Lipinski definition) is 14. The van der Waals surface area contributed by atoms with Crippen molar-refractivity contribution in [1.82, 2.24) is 16.0 Å². The van der Waals surface area contributed by atoms with Gasteiger partial charge in [-0.3, -0.25) is 14.4 Å². The zero-order valence-electron chi connectivity index (χ0n) is 46.4. The molecule has 2 fully saturated rings. The highest BCUT2D eigenvalue weighted by atomic mass is 16.7. The molecule has 2 saturated heterocycles. The third-order valence-electron chi connectivity index (χ3n) is 12.3. The van der Waals surface area contributed by atoms with E-state index in [1.165, 1.54) is 6.08 Å². The van der Waals surface area contributed by atoms with Crippen LogP contribution in [0.4, 0.5) is 0 Å². The molecule has 480 valence electrons. The van der Waals surface area contributed by atoms with Crippen LogP contribution in [0.1, 0.15) is 25.7 Å². The first-order valence-corrected chi connectivity index (χ1v) is 27.5. The van der Waals surface area contributed by atoms with Crippen molar-refractivity contribution >= 4 is 17.7 Å². The molecule has 32 heteroatoms. The minimum atomic E-state index is -1.78. The van der Waals surface area contributed by atoms with Crippen molar-refractivity contribution in [2.75, 3.05) is 185 Å². The highest BCUT2D eigenvalue weighted by molar-refractivity contribution is 5.76. The molecule has 0 spiro atoms. The molecule has 0 aliphatic carbocycles. The van der Waals surface area contributed by atoms with E-state index >= 15 is 0 Å². The SMILES string of the molecule is O=C(CCOCC(COCCC(=O)NCCOCCOCCO[C@H]1OC(CO)[C@@H](O)C(O)C1O)COCCC(=O)NCCOCCOCCO[C@H]1OC[C@](O)(CCO)C(O)C1O)NCCOCCOCCOC1=CC(O)[C@@H](O)C(CO)O1. The van der Waals surface area contributed by atoms with Gasteiger partial charge in [0.05, 0.1) is 152 Å². The van der Waals surface area contributed by atoms with Gasteiger partial charge in [-0.1, -0.05) is 0 Å². The van der Waals surface area contributed by atoms with Gasteiger partial charge in [0.15, 0.2) is 18.7 Å². The van der Waals surface area contributed by atoms with Gasteiger partial charge in [0.25, 0.3) is 5.95 Å². The predicted molar refractivity (Wildman–Crippen MR) is 276 cm³/mol. The Morgan fingerprint density at radius 3 is 1.41 bits per heavy atom. The van der Waals surface area contributed by atoms with Crippen LogP contribution in [0.15, 0.2) is 12.0 Å². The lowest BCUT2D eigenvalue weighted by molar-refractivity contribution is -0.302. The van der Waals surface area contributed by atoms with Crippen LogP contribution in [-0.4, -0.2) is 332 Å². The van der Waals surface area contributed by atoms with Crippen molar-refractivity contribution < 1.29 is 142 Å². The highest BCUT2D eigenvalue weighted by Gasteiger charge is 2.48. The molecule has 82 heavy (non-hydrogen) atoms.